The molecule has 3 aliphatic rings. The fraction of sp³-hybridized carbons (Fsp3) is 0.688. The van der Waals surface area contributed by atoms with E-state index < -0.39 is 31.9 Å². The van der Waals surface area contributed by atoms with Gasteiger partial charge in [-0.05, 0) is 66.8 Å². The molecule has 220 valence electrons. The first kappa shape index (κ1) is 29.7. The zero-order valence-corrected chi connectivity index (χ0v) is 26.6. The average molecular weight is 575 g/mol. The van der Waals surface area contributed by atoms with Crippen molar-refractivity contribution in [3.8, 4) is 0 Å². The first-order chi connectivity index (χ1) is 18.4. The van der Waals surface area contributed by atoms with Crippen LogP contribution in [0.4, 0.5) is 13.2 Å². The first-order valence-electron chi connectivity index (χ1n) is 14.8. The summed E-state index contributed by atoms with van der Waals surface area (Å²) in [4.78, 5) is 9.17. The van der Waals surface area contributed by atoms with Crippen LogP contribution in [0.5, 0.6) is 0 Å². The summed E-state index contributed by atoms with van der Waals surface area (Å²) in [5, 5.41) is 0.0548. The molecule has 2 aliphatic carbocycles. The number of pyridine rings is 2. The molecule has 1 saturated carbocycles. The Balaban J connectivity index is 1.75. The van der Waals surface area contributed by atoms with Gasteiger partial charge in [-0.25, -0.2) is 0 Å². The van der Waals surface area contributed by atoms with E-state index in [0.717, 1.165) is 61.5 Å². The topological polar surface area (TPSA) is 44.2 Å². The molecule has 3 heterocycles. The van der Waals surface area contributed by atoms with Gasteiger partial charge in [-0.15, -0.1) is 0 Å². The lowest BCUT2D eigenvalue weighted by Crippen LogP contribution is -2.44. The number of halogens is 3. The molecule has 2 aromatic rings. The van der Waals surface area contributed by atoms with Crippen molar-refractivity contribution in [3.05, 3.63) is 57.7 Å². The van der Waals surface area contributed by atoms with E-state index in [4.69, 9.17) is 14.1 Å². The quantitative estimate of drug-likeness (QED) is 0.341. The minimum absolute atomic E-state index is 0.0363. The van der Waals surface area contributed by atoms with Crippen molar-refractivity contribution in [1.82, 2.24) is 9.97 Å². The van der Waals surface area contributed by atoms with Gasteiger partial charge in [0.25, 0.3) is 0 Å². The highest BCUT2D eigenvalue weighted by Gasteiger charge is 2.54. The molecule has 5 rings (SSSR count). The van der Waals surface area contributed by atoms with Crippen LogP contribution in [0, 0.1) is 5.41 Å². The van der Waals surface area contributed by atoms with E-state index in [-0.39, 0.29) is 22.5 Å². The third kappa shape index (κ3) is 5.06. The Hall–Kier alpha value is -1.77. The standard InChI is InChI=1S/C32H45F3N2O2Si/c1-19(2)27-25-26(24-21(37-27)16-30(6,7)17-22(24)39-40(8,9)29(3,4)5)31(14-10-11-15-31)38-28(25)20-12-13-23(36-18-20)32(33,34)35/h12-13,18-19,22,28H,10-11,14-17H2,1-9H3/t22-,28+/m0/s1. The number of ether oxygens (including phenoxy) is 1. The van der Waals surface area contributed by atoms with E-state index in [1.807, 2.05) is 0 Å². The van der Waals surface area contributed by atoms with Crippen molar-refractivity contribution in [1.29, 1.82) is 0 Å². The van der Waals surface area contributed by atoms with Crippen LogP contribution in [-0.4, -0.2) is 18.3 Å². The van der Waals surface area contributed by atoms with Crippen molar-refractivity contribution in [3.63, 3.8) is 0 Å². The molecule has 0 bridgehead atoms. The van der Waals surface area contributed by atoms with E-state index >= 15 is 0 Å². The van der Waals surface area contributed by atoms with Crippen LogP contribution >= 0.6 is 0 Å². The van der Waals surface area contributed by atoms with Gasteiger partial charge in [-0.3, -0.25) is 9.97 Å². The molecule has 1 fully saturated rings. The Morgan fingerprint density at radius 3 is 2.23 bits per heavy atom. The summed E-state index contributed by atoms with van der Waals surface area (Å²) >= 11 is 0. The Morgan fingerprint density at radius 2 is 1.70 bits per heavy atom. The highest BCUT2D eigenvalue weighted by Crippen LogP contribution is 2.60. The lowest BCUT2D eigenvalue weighted by atomic mass is 9.70. The fourth-order valence-electron chi connectivity index (χ4n) is 6.74. The molecular weight excluding hydrogens is 529 g/mol. The molecular formula is C32H45F3N2O2Si. The highest BCUT2D eigenvalue weighted by atomic mass is 28.4. The molecule has 0 aromatic carbocycles. The third-order valence-corrected chi connectivity index (χ3v) is 14.2. The van der Waals surface area contributed by atoms with Crippen molar-refractivity contribution >= 4 is 8.32 Å². The second-order valence-corrected chi connectivity index (χ2v) is 19.6. The van der Waals surface area contributed by atoms with Crippen LogP contribution in [0.2, 0.25) is 18.1 Å². The zero-order chi connectivity index (χ0) is 29.5. The van der Waals surface area contributed by atoms with E-state index in [2.05, 4.69) is 66.5 Å². The molecule has 0 radical (unpaired) electrons. The summed E-state index contributed by atoms with van der Waals surface area (Å²) in [6.45, 7) is 20.3. The van der Waals surface area contributed by atoms with E-state index in [1.165, 1.54) is 23.4 Å². The van der Waals surface area contributed by atoms with Gasteiger partial charge in [0.2, 0.25) is 0 Å². The molecule has 1 aliphatic heterocycles. The summed E-state index contributed by atoms with van der Waals surface area (Å²) in [6.07, 6.45) is 1.97. The normalized spacial score (nSPS) is 24.0. The number of hydrogen-bond acceptors (Lipinski definition) is 4. The summed E-state index contributed by atoms with van der Waals surface area (Å²) in [7, 11) is -2.13. The van der Waals surface area contributed by atoms with Crippen LogP contribution in [0.1, 0.15) is 138 Å². The number of hydrogen-bond donors (Lipinski definition) is 0. The van der Waals surface area contributed by atoms with Gasteiger partial charge in [0.1, 0.15) is 11.8 Å². The van der Waals surface area contributed by atoms with Gasteiger partial charge in [0.15, 0.2) is 8.32 Å². The molecule has 0 unspecified atom stereocenters. The SMILES string of the molecule is CC(C)c1nc2c(c3c1[C@@H](c1ccc(C(F)(F)F)nc1)OC31CCCC1)[C@@H](O[Si](C)(C)C(C)(C)C)CC(C)(C)C2. The van der Waals surface area contributed by atoms with Gasteiger partial charge >= 0.3 is 6.18 Å². The maximum atomic E-state index is 13.3. The van der Waals surface area contributed by atoms with Crippen molar-refractivity contribution in [2.24, 2.45) is 5.41 Å². The molecule has 0 saturated heterocycles. The summed E-state index contributed by atoms with van der Waals surface area (Å²) in [6, 6.07) is 2.61. The molecule has 4 nitrogen and oxygen atoms in total. The molecule has 0 N–H and O–H groups in total. The zero-order valence-electron chi connectivity index (χ0n) is 25.6. The lowest BCUT2D eigenvalue weighted by molar-refractivity contribution is -0.141. The van der Waals surface area contributed by atoms with Crippen LogP contribution < -0.4 is 0 Å². The van der Waals surface area contributed by atoms with Crippen LogP contribution in [-0.2, 0) is 27.4 Å². The Labute approximate surface area is 238 Å². The van der Waals surface area contributed by atoms with E-state index in [1.54, 1.807) is 0 Å². The minimum Gasteiger partial charge on any atom is -0.410 e. The van der Waals surface area contributed by atoms with Gasteiger partial charge in [0.05, 0.1) is 11.7 Å². The van der Waals surface area contributed by atoms with Gasteiger partial charge < -0.3 is 9.16 Å². The molecule has 0 amide bonds. The second kappa shape index (κ2) is 9.63. The molecule has 2 aromatic heterocycles. The Morgan fingerprint density at radius 1 is 1.05 bits per heavy atom. The molecule has 1 spiro atoms. The summed E-state index contributed by atoms with van der Waals surface area (Å²) in [5.74, 6) is 0.133. The summed E-state index contributed by atoms with van der Waals surface area (Å²) in [5.41, 5.74) is 4.90. The predicted molar refractivity (Wildman–Crippen MR) is 154 cm³/mol. The first-order valence-corrected chi connectivity index (χ1v) is 17.7. The van der Waals surface area contributed by atoms with Gasteiger partial charge in [-0.2, -0.15) is 13.2 Å². The third-order valence-electron chi connectivity index (χ3n) is 9.73. The second-order valence-electron chi connectivity index (χ2n) is 14.9. The average Bonchev–Trinajstić information content (AvgIpc) is 3.41. The van der Waals surface area contributed by atoms with Crippen molar-refractivity contribution < 1.29 is 22.3 Å². The number of aromatic nitrogens is 2. The Bertz CT molecular complexity index is 1270. The number of rotatable bonds is 4. The molecule has 2 atom stereocenters. The number of nitrogens with zero attached hydrogens (tertiary/aromatic N) is 2. The van der Waals surface area contributed by atoms with Crippen molar-refractivity contribution in [2.75, 3.05) is 0 Å². The maximum absolute atomic E-state index is 13.3. The van der Waals surface area contributed by atoms with E-state index in [9.17, 15) is 13.2 Å². The lowest BCUT2D eigenvalue weighted by Gasteiger charge is -2.45. The van der Waals surface area contributed by atoms with Gasteiger partial charge in [-0.1, -0.05) is 67.4 Å². The predicted octanol–water partition coefficient (Wildman–Crippen LogP) is 9.54. The Kier molecular flexibility index (Phi) is 7.15. The molecule has 40 heavy (non-hydrogen) atoms. The monoisotopic (exact) mass is 574 g/mol. The maximum Gasteiger partial charge on any atom is 0.433 e. The van der Waals surface area contributed by atoms with Crippen LogP contribution in [0.15, 0.2) is 18.3 Å². The fourth-order valence-corrected chi connectivity index (χ4v) is 8.01. The number of fused-ring (bicyclic) bond motifs is 4. The van der Waals surface area contributed by atoms with Crippen LogP contribution in [0.25, 0.3) is 0 Å². The van der Waals surface area contributed by atoms with E-state index in [0.29, 0.717) is 5.56 Å². The van der Waals surface area contributed by atoms with Gasteiger partial charge in [0, 0.05) is 34.3 Å². The van der Waals surface area contributed by atoms with Crippen LogP contribution in [0.3, 0.4) is 0 Å². The largest absolute Gasteiger partial charge is 0.433 e. The summed E-state index contributed by atoms with van der Waals surface area (Å²) < 4.78 is 54.3. The van der Waals surface area contributed by atoms with Crippen molar-refractivity contribution in [2.45, 2.75) is 135 Å². The highest BCUT2D eigenvalue weighted by molar-refractivity contribution is 6.74. The minimum atomic E-state index is -4.48. The smallest absolute Gasteiger partial charge is 0.410 e. The number of alkyl halides is 3. The molecule has 8 heteroatoms.